The summed E-state index contributed by atoms with van der Waals surface area (Å²) in [5, 5.41) is 0. The van der Waals surface area contributed by atoms with Crippen molar-refractivity contribution in [1.29, 1.82) is 0 Å². The SMILES string of the molecule is CCCn1cc(N)cc1C(=O)N1CCC(OC)CC1. The molecule has 1 aliphatic heterocycles. The van der Waals surface area contributed by atoms with Crippen LogP contribution >= 0.6 is 0 Å². The first-order valence-electron chi connectivity index (χ1n) is 6.93. The van der Waals surface area contributed by atoms with Crippen LogP contribution < -0.4 is 5.73 Å². The third kappa shape index (κ3) is 3.10. The molecule has 5 nitrogen and oxygen atoms in total. The normalized spacial score (nSPS) is 16.8. The number of carbonyl (C=O) groups excluding carboxylic acids is 1. The minimum Gasteiger partial charge on any atom is -0.397 e. The molecule has 19 heavy (non-hydrogen) atoms. The summed E-state index contributed by atoms with van der Waals surface area (Å²) >= 11 is 0. The van der Waals surface area contributed by atoms with Crippen molar-refractivity contribution < 1.29 is 9.53 Å². The molecule has 0 saturated carbocycles. The Labute approximate surface area is 114 Å². The summed E-state index contributed by atoms with van der Waals surface area (Å²) in [4.78, 5) is 14.4. The number of methoxy groups -OCH3 is 1. The van der Waals surface area contributed by atoms with E-state index in [-0.39, 0.29) is 12.0 Å². The van der Waals surface area contributed by atoms with Gasteiger partial charge in [-0.15, -0.1) is 0 Å². The van der Waals surface area contributed by atoms with E-state index in [0.717, 1.165) is 38.9 Å². The number of hydrogen-bond donors (Lipinski definition) is 1. The van der Waals surface area contributed by atoms with E-state index in [1.54, 1.807) is 13.2 Å². The van der Waals surface area contributed by atoms with Crippen LogP contribution in [-0.4, -0.2) is 41.7 Å². The van der Waals surface area contributed by atoms with Crippen LogP contribution in [0.4, 0.5) is 5.69 Å². The Bertz CT molecular complexity index is 434. The van der Waals surface area contributed by atoms with Crippen molar-refractivity contribution in [2.24, 2.45) is 0 Å². The molecule has 1 aromatic rings. The maximum atomic E-state index is 12.5. The van der Waals surface area contributed by atoms with Gasteiger partial charge in [-0.25, -0.2) is 0 Å². The molecule has 0 aromatic carbocycles. The quantitative estimate of drug-likeness (QED) is 0.902. The van der Waals surface area contributed by atoms with Gasteiger partial charge in [-0.2, -0.15) is 0 Å². The topological polar surface area (TPSA) is 60.5 Å². The van der Waals surface area contributed by atoms with Crippen LogP contribution in [0.3, 0.4) is 0 Å². The maximum Gasteiger partial charge on any atom is 0.270 e. The molecule has 2 N–H and O–H groups in total. The van der Waals surface area contributed by atoms with Crippen LogP contribution in [0.1, 0.15) is 36.7 Å². The Morgan fingerprint density at radius 2 is 2.16 bits per heavy atom. The Kier molecular flexibility index (Phi) is 4.47. The molecule has 0 bridgehead atoms. The largest absolute Gasteiger partial charge is 0.397 e. The first-order chi connectivity index (χ1) is 9.15. The lowest BCUT2D eigenvalue weighted by Gasteiger charge is -2.31. The molecule has 0 unspecified atom stereocenters. The minimum absolute atomic E-state index is 0.0831. The number of aryl methyl sites for hydroxylation is 1. The van der Waals surface area contributed by atoms with Gasteiger partial charge in [0.1, 0.15) is 5.69 Å². The smallest absolute Gasteiger partial charge is 0.270 e. The van der Waals surface area contributed by atoms with Gasteiger partial charge in [0.15, 0.2) is 0 Å². The molecule has 1 fully saturated rings. The van der Waals surface area contributed by atoms with Crippen LogP contribution in [0.15, 0.2) is 12.3 Å². The van der Waals surface area contributed by atoms with Gasteiger partial charge >= 0.3 is 0 Å². The van der Waals surface area contributed by atoms with Gasteiger partial charge in [-0.05, 0) is 25.3 Å². The fraction of sp³-hybridized carbons (Fsp3) is 0.643. The molecule has 0 radical (unpaired) electrons. The number of nitrogen functional groups attached to an aromatic ring is 1. The second kappa shape index (κ2) is 6.10. The molecule has 0 spiro atoms. The van der Waals surface area contributed by atoms with Crippen LogP contribution in [0, 0.1) is 0 Å². The monoisotopic (exact) mass is 265 g/mol. The standard InChI is InChI=1S/C14H23N3O2/c1-3-6-17-10-11(15)9-13(17)14(18)16-7-4-12(19-2)5-8-16/h9-10,12H,3-8,15H2,1-2H3. The maximum absolute atomic E-state index is 12.5. The molecule has 5 heteroatoms. The third-order valence-electron chi connectivity index (χ3n) is 3.66. The fourth-order valence-corrected chi connectivity index (χ4v) is 2.59. The molecule has 1 amide bonds. The average Bonchev–Trinajstić information content (AvgIpc) is 2.79. The summed E-state index contributed by atoms with van der Waals surface area (Å²) in [6.45, 7) is 4.43. The molecular weight excluding hydrogens is 242 g/mol. The van der Waals surface area contributed by atoms with Gasteiger partial charge in [0, 0.05) is 32.9 Å². The predicted molar refractivity (Wildman–Crippen MR) is 75.1 cm³/mol. The molecule has 1 aliphatic rings. The highest BCUT2D eigenvalue weighted by molar-refractivity contribution is 5.93. The van der Waals surface area contributed by atoms with E-state index in [9.17, 15) is 4.79 Å². The highest BCUT2D eigenvalue weighted by Crippen LogP contribution is 2.18. The summed E-state index contributed by atoms with van der Waals surface area (Å²) in [5.41, 5.74) is 7.17. The van der Waals surface area contributed by atoms with Gasteiger partial charge in [0.05, 0.1) is 11.8 Å². The fourth-order valence-electron chi connectivity index (χ4n) is 2.59. The van der Waals surface area contributed by atoms with E-state index in [1.165, 1.54) is 0 Å². The molecule has 0 atom stereocenters. The van der Waals surface area contributed by atoms with E-state index in [2.05, 4.69) is 6.92 Å². The van der Waals surface area contributed by atoms with E-state index in [4.69, 9.17) is 10.5 Å². The number of amides is 1. The van der Waals surface area contributed by atoms with Gasteiger partial charge in [-0.1, -0.05) is 6.92 Å². The van der Waals surface area contributed by atoms with E-state index in [0.29, 0.717) is 11.4 Å². The zero-order chi connectivity index (χ0) is 13.8. The number of carbonyl (C=O) groups is 1. The van der Waals surface area contributed by atoms with Crippen molar-refractivity contribution in [1.82, 2.24) is 9.47 Å². The molecule has 1 saturated heterocycles. The van der Waals surface area contributed by atoms with Crippen LogP contribution in [0.25, 0.3) is 0 Å². The summed E-state index contributed by atoms with van der Waals surface area (Å²) < 4.78 is 7.29. The zero-order valence-electron chi connectivity index (χ0n) is 11.8. The summed E-state index contributed by atoms with van der Waals surface area (Å²) in [6, 6.07) is 1.78. The van der Waals surface area contributed by atoms with Gasteiger partial charge < -0.3 is 19.9 Å². The van der Waals surface area contributed by atoms with E-state index >= 15 is 0 Å². The lowest BCUT2D eigenvalue weighted by atomic mass is 10.1. The summed E-state index contributed by atoms with van der Waals surface area (Å²) in [5.74, 6) is 0.0831. The molecule has 106 valence electrons. The molecule has 0 aliphatic carbocycles. The minimum atomic E-state index is 0.0831. The van der Waals surface area contributed by atoms with E-state index in [1.807, 2.05) is 15.7 Å². The van der Waals surface area contributed by atoms with Gasteiger partial charge in [0.25, 0.3) is 5.91 Å². The Balaban J connectivity index is 2.07. The average molecular weight is 265 g/mol. The number of piperidine rings is 1. The summed E-state index contributed by atoms with van der Waals surface area (Å²) in [7, 11) is 1.73. The highest BCUT2D eigenvalue weighted by Gasteiger charge is 2.25. The summed E-state index contributed by atoms with van der Waals surface area (Å²) in [6.07, 6.45) is 4.94. The number of likely N-dealkylation sites (tertiary alicyclic amines) is 1. The Hall–Kier alpha value is -1.49. The second-order valence-electron chi connectivity index (χ2n) is 5.08. The highest BCUT2D eigenvalue weighted by atomic mass is 16.5. The van der Waals surface area contributed by atoms with Crippen molar-refractivity contribution >= 4 is 11.6 Å². The first-order valence-corrected chi connectivity index (χ1v) is 6.93. The lowest BCUT2D eigenvalue weighted by Crippen LogP contribution is -2.41. The second-order valence-corrected chi connectivity index (χ2v) is 5.08. The molecular formula is C14H23N3O2. The lowest BCUT2D eigenvalue weighted by molar-refractivity contribution is 0.0345. The predicted octanol–water partition coefficient (Wildman–Crippen LogP) is 1.73. The van der Waals surface area contributed by atoms with Crippen molar-refractivity contribution in [3.63, 3.8) is 0 Å². The number of nitrogens with two attached hydrogens (primary N) is 1. The van der Waals surface area contributed by atoms with Crippen molar-refractivity contribution in [3.8, 4) is 0 Å². The Morgan fingerprint density at radius 1 is 1.47 bits per heavy atom. The van der Waals surface area contributed by atoms with Crippen LogP contribution in [0.5, 0.6) is 0 Å². The van der Waals surface area contributed by atoms with Crippen molar-refractivity contribution in [2.45, 2.75) is 38.8 Å². The number of anilines is 1. The van der Waals surface area contributed by atoms with E-state index < -0.39 is 0 Å². The van der Waals surface area contributed by atoms with Crippen LogP contribution in [0.2, 0.25) is 0 Å². The zero-order valence-corrected chi connectivity index (χ0v) is 11.8. The molecule has 2 heterocycles. The van der Waals surface area contributed by atoms with Crippen molar-refractivity contribution in [3.05, 3.63) is 18.0 Å². The first kappa shape index (κ1) is 13.9. The number of aromatic nitrogens is 1. The van der Waals surface area contributed by atoms with Gasteiger partial charge in [0.2, 0.25) is 0 Å². The number of ether oxygens (including phenoxy) is 1. The molecule has 2 rings (SSSR count). The van der Waals surface area contributed by atoms with Gasteiger partial charge in [-0.3, -0.25) is 4.79 Å². The van der Waals surface area contributed by atoms with Crippen LogP contribution in [-0.2, 0) is 11.3 Å². The number of rotatable bonds is 4. The Morgan fingerprint density at radius 3 is 2.74 bits per heavy atom. The molecule has 1 aromatic heterocycles. The number of nitrogens with zero attached hydrogens (tertiary/aromatic N) is 2. The van der Waals surface area contributed by atoms with Crippen molar-refractivity contribution in [2.75, 3.05) is 25.9 Å². The third-order valence-corrected chi connectivity index (χ3v) is 3.66. The number of hydrogen-bond acceptors (Lipinski definition) is 3.